The second-order valence-corrected chi connectivity index (χ2v) is 5.01. The van der Waals surface area contributed by atoms with Crippen LogP contribution < -0.4 is 0 Å². The quantitative estimate of drug-likeness (QED) is 0.368. The summed E-state index contributed by atoms with van der Waals surface area (Å²) >= 11 is 0. The third kappa shape index (κ3) is 4.78. The first-order valence-corrected chi connectivity index (χ1v) is 7.37. The van der Waals surface area contributed by atoms with E-state index in [0.717, 1.165) is 0 Å². The molecule has 0 radical (unpaired) electrons. The van der Waals surface area contributed by atoms with Crippen LogP contribution in [0.3, 0.4) is 0 Å². The maximum Gasteiger partial charge on any atom is 0.386 e. The molecule has 0 saturated heterocycles. The highest BCUT2D eigenvalue weighted by Gasteiger charge is 2.17. The maximum atomic E-state index is 12.2. The molecule has 0 spiro atoms. The molecule has 2 rings (SSSR count). The van der Waals surface area contributed by atoms with Gasteiger partial charge in [0.2, 0.25) is 0 Å². The van der Waals surface area contributed by atoms with Gasteiger partial charge in [0.15, 0.2) is 0 Å². The smallest absolute Gasteiger partial charge is 0.386 e. The minimum Gasteiger partial charge on any atom is -0.466 e. The van der Waals surface area contributed by atoms with Gasteiger partial charge < -0.3 is 4.74 Å². The fourth-order valence-corrected chi connectivity index (χ4v) is 2.00. The Hall–Kier alpha value is -3.41. The normalized spacial score (nSPS) is 10.7. The number of rotatable bonds is 4. The Morgan fingerprint density at radius 2 is 1.44 bits per heavy atom. The fraction of sp³-hybridized carbons (Fsp3) is 0.105. The molecule has 0 bridgehead atoms. The van der Waals surface area contributed by atoms with Crippen molar-refractivity contribution in [2.24, 2.45) is 0 Å². The molecule has 6 nitrogen and oxygen atoms in total. The van der Waals surface area contributed by atoms with Crippen LogP contribution in [0.25, 0.3) is 6.08 Å². The molecular formula is C19H16O6. The average Bonchev–Trinajstić information content (AvgIpc) is 2.66. The Bertz CT molecular complexity index is 808. The van der Waals surface area contributed by atoms with Crippen LogP contribution >= 0.6 is 0 Å². The molecule has 0 saturated carbocycles. The standard InChI is InChI=1S/C19H16O6/c1-13(17(20)23-2)12-15-10-6-7-11-16(15)19(22)25-24-18(21)14-8-4-3-5-9-14/h3-12H,1-2H3/b13-12+. The van der Waals surface area contributed by atoms with Gasteiger partial charge in [0.05, 0.1) is 18.2 Å². The largest absolute Gasteiger partial charge is 0.466 e. The number of esters is 1. The summed E-state index contributed by atoms with van der Waals surface area (Å²) in [5.74, 6) is -2.15. The van der Waals surface area contributed by atoms with Crippen molar-refractivity contribution in [3.8, 4) is 0 Å². The topological polar surface area (TPSA) is 78.9 Å². The summed E-state index contributed by atoms with van der Waals surface area (Å²) in [5.41, 5.74) is 1.15. The monoisotopic (exact) mass is 340 g/mol. The molecule has 0 fully saturated rings. The molecule has 0 aromatic heterocycles. The maximum absolute atomic E-state index is 12.2. The molecule has 2 aromatic rings. The van der Waals surface area contributed by atoms with Crippen LogP contribution in [0.2, 0.25) is 0 Å². The Kier molecular flexibility index (Phi) is 6.06. The second-order valence-electron chi connectivity index (χ2n) is 5.01. The van der Waals surface area contributed by atoms with Crippen LogP contribution in [0.4, 0.5) is 0 Å². The van der Waals surface area contributed by atoms with Crippen LogP contribution in [0.15, 0.2) is 60.2 Å². The number of methoxy groups -OCH3 is 1. The zero-order valence-corrected chi connectivity index (χ0v) is 13.7. The molecule has 0 atom stereocenters. The molecule has 0 unspecified atom stereocenters. The molecule has 25 heavy (non-hydrogen) atoms. The SMILES string of the molecule is COC(=O)/C(C)=C/c1ccccc1C(=O)OOC(=O)c1ccccc1. The van der Waals surface area contributed by atoms with E-state index in [1.54, 1.807) is 43.3 Å². The first kappa shape index (κ1) is 17.9. The number of ether oxygens (including phenoxy) is 1. The molecule has 2 aromatic carbocycles. The van der Waals surface area contributed by atoms with Crippen molar-refractivity contribution in [2.75, 3.05) is 7.11 Å². The van der Waals surface area contributed by atoms with E-state index in [2.05, 4.69) is 14.5 Å². The summed E-state index contributed by atoms with van der Waals surface area (Å²) in [6, 6.07) is 14.6. The summed E-state index contributed by atoms with van der Waals surface area (Å²) in [7, 11) is 1.27. The van der Waals surface area contributed by atoms with Crippen LogP contribution in [0.1, 0.15) is 33.2 Å². The van der Waals surface area contributed by atoms with Gasteiger partial charge in [-0.15, -0.1) is 0 Å². The van der Waals surface area contributed by atoms with E-state index < -0.39 is 17.9 Å². The number of carbonyl (C=O) groups excluding carboxylic acids is 3. The van der Waals surface area contributed by atoms with Gasteiger partial charge in [-0.1, -0.05) is 36.4 Å². The number of hydrogen-bond donors (Lipinski definition) is 0. The van der Waals surface area contributed by atoms with Crippen molar-refractivity contribution in [1.29, 1.82) is 0 Å². The molecule has 0 aliphatic carbocycles. The number of hydrogen-bond acceptors (Lipinski definition) is 6. The molecule has 0 amide bonds. The van der Waals surface area contributed by atoms with Gasteiger partial charge >= 0.3 is 17.9 Å². The summed E-state index contributed by atoms with van der Waals surface area (Å²) in [4.78, 5) is 44.7. The van der Waals surface area contributed by atoms with Crippen LogP contribution in [-0.2, 0) is 19.3 Å². The van der Waals surface area contributed by atoms with E-state index in [1.807, 2.05) is 0 Å². The van der Waals surface area contributed by atoms with Crippen molar-refractivity contribution in [3.05, 3.63) is 76.9 Å². The van der Waals surface area contributed by atoms with E-state index in [0.29, 0.717) is 11.1 Å². The van der Waals surface area contributed by atoms with Gasteiger partial charge in [-0.2, -0.15) is 0 Å². The summed E-state index contributed by atoms with van der Waals surface area (Å²) in [5, 5.41) is 0. The van der Waals surface area contributed by atoms with Gasteiger partial charge in [0, 0.05) is 5.57 Å². The lowest BCUT2D eigenvalue weighted by atomic mass is 10.1. The Balaban J connectivity index is 2.12. The van der Waals surface area contributed by atoms with E-state index in [-0.39, 0.29) is 11.1 Å². The van der Waals surface area contributed by atoms with Gasteiger partial charge in [0.1, 0.15) is 0 Å². The Morgan fingerprint density at radius 1 is 0.840 bits per heavy atom. The third-order valence-corrected chi connectivity index (χ3v) is 3.26. The zero-order chi connectivity index (χ0) is 18.2. The minimum absolute atomic E-state index is 0.145. The molecule has 128 valence electrons. The first-order chi connectivity index (χ1) is 12.0. The van der Waals surface area contributed by atoms with E-state index >= 15 is 0 Å². The fourth-order valence-electron chi connectivity index (χ4n) is 2.00. The number of carbonyl (C=O) groups is 3. The molecule has 0 N–H and O–H groups in total. The summed E-state index contributed by atoms with van der Waals surface area (Å²) < 4.78 is 4.62. The molecule has 0 heterocycles. The van der Waals surface area contributed by atoms with Crippen molar-refractivity contribution in [2.45, 2.75) is 6.92 Å². The van der Waals surface area contributed by atoms with E-state index in [1.165, 1.54) is 31.4 Å². The first-order valence-electron chi connectivity index (χ1n) is 7.37. The summed E-state index contributed by atoms with van der Waals surface area (Å²) in [6.07, 6.45) is 1.49. The van der Waals surface area contributed by atoms with E-state index in [4.69, 9.17) is 0 Å². The highest BCUT2D eigenvalue weighted by molar-refractivity contribution is 5.98. The van der Waals surface area contributed by atoms with Gasteiger partial charge in [0.25, 0.3) is 0 Å². The second kappa shape index (κ2) is 8.44. The predicted octanol–water partition coefficient (Wildman–Crippen LogP) is 3.19. The van der Waals surface area contributed by atoms with Gasteiger partial charge in [-0.3, -0.25) is 0 Å². The lowest BCUT2D eigenvalue weighted by molar-refractivity contribution is -0.187. The van der Waals surface area contributed by atoms with Crippen molar-refractivity contribution < 1.29 is 28.9 Å². The van der Waals surface area contributed by atoms with Crippen molar-refractivity contribution in [3.63, 3.8) is 0 Å². The third-order valence-electron chi connectivity index (χ3n) is 3.26. The average molecular weight is 340 g/mol. The predicted molar refractivity (Wildman–Crippen MR) is 89.4 cm³/mol. The Labute approximate surface area is 144 Å². The van der Waals surface area contributed by atoms with Crippen LogP contribution in [0, 0.1) is 0 Å². The Morgan fingerprint density at radius 3 is 2.12 bits per heavy atom. The van der Waals surface area contributed by atoms with Crippen LogP contribution in [0.5, 0.6) is 0 Å². The van der Waals surface area contributed by atoms with Crippen molar-refractivity contribution >= 4 is 24.0 Å². The minimum atomic E-state index is -0.853. The lowest BCUT2D eigenvalue weighted by Gasteiger charge is -2.06. The number of benzene rings is 2. The molecule has 6 heteroatoms. The lowest BCUT2D eigenvalue weighted by Crippen LogP contribution is -2.13. The molecule has 0 aliphatic rings. The zero-order valence-electron chi connectivity index (χ0n) is 13.7. The van der Waals surface area contributed by atoms with Crippen LogP contribution in [-0.4, -0.2) is 25.0 Å². The highest BCUT2D eigenvalue weighted by atomic mass is 17.2. The highest BCUT2D eigenvalue weighted by Crippen LogP contribution is 2.15. The molecular weight excluding hydrogens is 324 g/mol. The van der Waals surface area contributed by atoms with E-state index in [9.17, 15) is 14.4 Å². The summed E-state index contributed by atoms with van der Waals surface area (Å²) in [6.45, 7) is 1.56. The van der Waals surface area contributed by atoms with Gasteiger partial charge in [-0.05, 0) is 36.8 Å². The van der Waals surface area contributed by atoms with Gasteiger partial charge in [-0.25, -0.2) is 24.2 Å². The molecule has 0 aliphatic heterocycles. The van der Waals surface area contributed by atoms with Crippen molar-refractivity contribution in [1.82, 2.24) is 0 Å².